The summed E-state index contributed by atoms with van der Waals surface area (Å²) in [5, 5.41) is 0. The highest BCUT2D eigenvalue weighted by molar-refractivity contribution is 5.94. The van der Waals surface area contributed by atoms with Gasteiger partial charge in [-0.25, -0.2) is 4.79 Å². The topological polar surface area (TPSA) is 26.3 Å². The molecule has 74 valence electrons. The summed E-state index contributed by atoms with van der Waals surface area (Å²) in [7, 11) is 0. The minimum atomic E-state index is -0.175. The van der Waals surface area contributed by atoms with Crippen molar-refractivity contribution in [3.05, 3.63) is 35.6 Å². The predicted molar refractivity (Wildman–Crippen MR) is 54.3 cm³/mol. The minimum absolute atomic E-state index is 0.175. The lowest BCUT2D eigenvalue weighted by molar-refractivity contribution is -0.132. The van der Waals surface area contributed by atoms with E-state index in [1.807, 2.05) is 18.2 Å². The van der Waals surface area contributed by atoms with Crippen molar-refractivity contribution in [2.24, 2.45) is 11.8 Å². The summed E-state index contributed by atoms with van der Waals surface area (Å²) in [6, 6.07) is 0. The number of allylic oxidation sites excluding steroid dienone is 5. The van der Waals surface area contributed by atoms with E-state index in [0.29, 0.717) is 5.92 Å². The van der Waals surface area contributed by atoms with Crippen LogP contribution in [0.1, 0.15) is 20.3 Å². The van der Waals surface area contributed by atoms with Crippen LogP contribution in [0.5, 0.6) is 0 Å². The number of hydrogen-bond acceptors (Lipinski definition) is 2. The van der Waals surface area contributed by atoms with Gasteiger partial charge in [0.2, 0.25) is 0 Å². The molecule has 14 heavy (non-hydrogen) atoms. The van der Waals surface area contributed by atoms with Crippen molar-refractivity contribution in [1.29, 1.82) is 0 Å². The van der Waals surface area contributed by atoms with Gasteiger partial charge in [-0.1, -0.05) is 32.1 Å². The fourth-order valence-corrected chi connectivity index (χ4v) is 1.82. The van der Waals surface area contributed by atoms with Gasteiger partial charge >= 0.3 is 5.97 Å². The van der Waals surface area contributed by atoms with Gasteiger partial charge in [-0.3, -0.25) is 0 Å². The molecule has 2 rings (SSSR count). The monoisotopic (exact) mass is 190 g/mol. The number of carbonyl (C=O) groups excluding carboxylic acids is 1. The summed E-state index contributed by atoms with van der Waals surface area (Å²) in [6.07, 6.45) is 8.77. The minimum Gasteiger partial charge on any atom is -0.427 e. The van der Waals surface area contributed by atoms with Crippen molar-refractivity contribution in [2.75, 3.05) is 0 Å². The quantitative estimate of drug-likeness (QED) is 0.594. The third-order valence-corrected chi connectivity index (χ3v) is 2.45. The van der Waals surface area contributed by atoms with Crippen LogP contribution < -0.4 is 0 Å². The SMILES string of the molecule is CC(C)/C=C1\OC(=O)C2=CC=CC[C@H]21. The summed E-state index contributed by atoms with van der Waals surface area (Å²) in [6.45, 7) is 4.17. The van der Waals surface area contributed by atoms with Crippen molar-refractivity contribution < 1.29 is 9.53 Å². The number of ether oxygens (including phenoxy) is 1. The molecule has 0 spiro atoms. The molecular formula is C12H14O2. The molecule has 1 heterocycles. The van der Waals surface area contributed by atoms with Crippen LogP contribution in [0.15, 0.2) is 35.6 Å². The van der Waals surface area contributed by atoms with Crippen LogP contribution in [0.2, 0.25) is 0 Å². The van der Waals surface area contributed by atoms with E-state index in [-0.39, 0.29) is 11.9 Å². The number of esters is 1. The first-order chi connectivity index (χ1) is 6.68. The summed E-state index contributed by atoms with van der Waals surface area (Å²) < 4.78 is 5.23. The fraction of sp³-hybridized carbons (Fsp3) is 0.417. The molecule has 2 nitrogen and oxygen atoms in total. The molecule has 0 aromatic rings. The molecule has 0 aromatic heterocycles. The smallest absolute Gasteiger partial charge is 0.339 e. The lowest BCUT2D eigenvalue weighted by Crippen LogP contribution is -2.04. The van der Waals surface area contributed by atoms with E-state index in [0.717, 1.165) is 17.8 Å². The highest BCUT2D eigenvalue weighted by Crippen LogP contribution is 2.36. The summed E-state index contributed by atoms with van der Waals surface area (Å²) in [5.74, 6) is 1.25. The van der Waals surface area contributed by atoms with E-state index in [2.05, 4.69) is 19.9 Å². The largest absolute Gasteiger partial charge is 0.427 e. The standard InChI is InChI=1S/C12H14O2/c1-8(2)7-11-9-5-3-4-6-10(9)12(13)14-11/h3-4,6-9H,5H2,1-2H3/b11-7-/t9-/m1/s1. The molecule has 1 aliphatic heterocycles. The van der Waals surface area contributed by atoms with Crippen LogP contribution >= 0.6 is 0 Å². The zero-order chi connectivity index (χ0) is 10.1. The molecule has 1 atom stereocenters. The molecule has 0 N–H and O–H groups in total. The van der Waals surface area contributed by atoms with E-state index in [1.54, 1.807) is 0 Å². The maximum atomic E-state index is 11.4. The van der Waals surface area contributed by atoms with Gasteiger partial charge in [0.05, 0.1) is 5.92 Å². The van der Waals surface area contributed by atoms with Gasteiger partial charge in [0.1, 0.15) is 5.76 Å². The Morgan fingerprint density at radius 1 is 1.57 bits per heavy atom. The average Bonchev–Trinajstić information content (AvgIpc) is 2.44. The first-order valence-electron chi connectivity index (χ1n) is 4.99. The molecule has 0 saturated carbocycles. The van der Waals surface area contributed by atoms with E-state index in [9.17, 15) is 4.79 Å². The first-order valence-corrected chi connectivity index (χ1v) is 4.99. The van der Waals surface area contributed by atoms with Crippen LogP contribution in [-0.4, -0.2) is 5.97 Å². The van der Waals surface area contributed by atoms with E-state index < -0.39 is 0 Å². The van der Waals surface area contributed by atoms with Gasteiger partial charge in [0.15, 0.2) is 0 Å². The Kier molecular flexibility index (Phi) is 2.28. The molecule has 0 bridgehead atoms. The van der Waals surface area contributed by atoms with Crippen LogP contribution in [0, 0.1) is 11.8 Å². The van der Waals surface area contributed by atoms with E-state index >= 15 is 0 Å². The number of fused-ring (bicyclic) bond motifs is 1. The second-order valence-electron chi connectivity index (χ2n) is 4.04. The molecule has 1 fully saturated rings. The Bertz CT molecular complexity index is 345. The van der Waals surface area contributed by atoms with Crippen LogP contribution in [-0.2, 0) is 9.53 Å². The Hall–Kier alpha value is -1.31. The van der Waals surface area contributed by atoms with Crippen molar-refractivity contribution in [3.8, 4) is 0 Å². The third kappa shape index (κ3) is 1.52. The van der Waals surface area contributed by atoms with Crippen LogP contribution in [0.4, 0.5) is 0 Å². The fourth-order valence-electron chi connectivity index (χ4n) is 1.82. The van der Waals surface area contributed by atoms with E-state index in [4.69, 9.17) is 4.74 Å². The zero-order valence-corrected chi connectivity index (χ0v) is 8.49. The Morgan fingerprint density at radius 2 is 2.36 bits per heavy atom. The Labute approximate surface area is 83.9 Å². The van der Waals surface area contributed by atoms with Gasteiger partial charge in [0.25, 0.3) is 0 Å². The summed E-state index contributed by atoms with van der Waals surface area (Å²) in [5.41, 5.74) is 0.805. The molecular weight excluding hydrogens is 176 g/mol. The maximum Gasteiger partial charge on any atom is 0.339 e. The maximum absolute atomic E-state index is 11.4. The first kappa shape index (κ1) is 9.25. The zero-order valence-electron chi connectivity index (χ0n) is 8.49. The summed E-state index contributed by atoms with van der Waals surface area (Å²) in [4.78, 5) is 11.4. The highest BCUT2D eigenvalue weighted by Gasteiger charge is 2.35. The van der Waals surface area contributed by atoms with Gasteiger partial charge in [-0.05, 0) is 18.4 Å². The van der Waals surface area contributed by atoms with Gasteiger partial charge < -0.3 is 4.74 Å². The molecule has 1 saturated heterocycles. The number of carbonyl (C=O) groups is 1. The van der Waals surface area contributed by atoms with Crippen molar-refractivity contribution >= 4 is 5.97 Å². The molecule has 0 unspecified atom stereocenters. The Balaban J connectivity index is 2.30. The lowest BCUT2D eigenvalue weighted by Gasteiger charge is -2.10. The van der Waals surface area contributed by atoms with Crippen molar-refractivity contribution in [1.82, 2.24) is 0 Å². The third-order valence-electron chi connectivity index (χ3n) is 2.45. The normalized spacial score (nSPS) is 27.9. The predicted octanol–water partition coefficient (Wildman–Crippen LogP) is 2.59. The van der Waals surface area contributed by atoms with Crippen LogP contribution in [0.25, 0.3) is 0 Å². The molecule has 0 amide bonds. The van der Waals surface area contributed by atoms with Crippen LogP contribution in [0.3, 0.4) is 0 Å². The van der Waals surface area contributed by atoms with E-state index in [1.165, 1.54) is 0 Å². The lowest BCUT2D eigenvalue weighted by atomic mass is 9.91. The molecule has 0 radical (unpaired) electrons. The van der Waals surface area contributed by atoms with Gasteiger partial charge in [-0.2, -0.15) is 0 Å². The second kappa shape index (κ2) is 3.45. The van der Waals surface area contributed by atoms with Gasteiger partial charge in [-0.15, -0.1) is 0 Å². The molecule has 2 aliphatic rings. The number of rotatable bonds is 1. The highest BCUT2D eigenvalue weighted by atomic mass is 16.5. The number of hydrogen-bond donors (Lipinski definition) is 0. The second-order valence-corrected chi connectivity index (χ2v) is 4.04. The van der Waals surface area contributed by atoms with Crippen molar-refractivity contribution in [2.45, 2.75) is 20.3 Å². The number of cyclic esters (lactones) is 1. The Morgan fingerprint density at radius 3 is 3.07 bits per heavy atom. The summed E-state index contributed by atoms with van der Waals surface area (Å²) >= 11 is 0. The molecule has 1 aliphatic carbocycles. The molecule has 2 heteroatoms. The van der Waals surface area contributed by atoms with Gasteiger partial charge in [0, 0.05) is 5.57 Å². The van der Waals surface area contributed by atoms with Crippen molar-refractivity contribution in [3.63, 3.8) is 0 Å². The molecule has 0 aromatic carbocycles. The average molecular weight is 190 g/mol.